The largest absolute Gasteiger partial charge is 0.500 e. The van der Waals surface area contributed by atoms with Gasteiger partial charge in [0.05, 0.1) is 0 Å². The van der Waals surface area contributed by atoms with Crippen molar-refractivity contribution in [1.29, 1.82) is 0 Å². The summed E-state index contributed by atoms with van der Waals surface area (Å²) in [6.45, 7) is 4.76. The van der Waals surface area contributed by atoms with Crippen LogP contribution < -0.4 is 0 Å². The monoisotopic (exact) mass is 335 g/mol. The minimum Gasteiger partial charge on any atom is -0.406 e. The average Bonchev–Trinajstić information content (AvgIpc) is 2.89. The molecular weight excluding hydrogens is 302 g/mol. The van der Waals surface area contributed by atoms with Gasteiger partial charge in [0.25, 0.3) is 8.48 Å². The zero-order valence-electron chi connectivity index (χ0n) is 14.4. The summed E-state index contributed by atoms with van der Waals surface area (Å²) < 4.78 is 24.7. The van der Waals surface area contributed by atoms with Crippen molar-refractivity contribution in [1.82, 2.24) is 4.57 Å². The molecule has 0 saturated carbocycles. The van der Waals surface area contributed by atoms with E-state index in [-0.39, 0.29) is 0 Å². The lowest BCUT2D eigenvalue weighted by Gasteiger charge is -2.31. The van der Waals surface area contributed by atoms with Crippen molar-refractivity contribution >= 4 is 17.3 Å². The molecule has 7 heteroatoms. The molecule has 21 heavy (non-hydrogen) atoms. The Hall–Kier alpha value is 0.234. The first kappa shape index (κ1) is 19.3. The first-order valence-corrected chi connectivity index (χ1v) is 12.5. The third-order valence-electron chi connectivity index (χ3n) is 4.77. The summed E-state index contributed by atoms with van der Waals surface area (Å²) in [4.78, 5) is 0. The van der Waals surface area contributed by atoms with Crippen LogP contribution in [0.3, 0.4) is 0 Å². The van der Waals surface area contributed by atoms with Gasteiger partial charge in [0.15, 0.2) is 0 Å². The first-order valence-electron chi connectivity index (χ1n) is 8.01. The zero-order valence-corrected chi connectivity index (χ0v) is 16.4. The van der Waals surface area contributed by atoms with Gasteiger partial charge >= 0.3 is 8.80 Å². The van der Waals surface area contributed by atoms with Crippen molar-refractivity contribution in [3.05, 3.63) is 0 Å². The maximum Gasteiger partial charge on any atom is 0.500 e. The molecule has 1 heterocycles. The van der Waals surface area contributed by atoms with Gasteiger partial charge in [-0.15, -0.1) is 0 Å². The van der Waals surface area contributed by atoms with E-state index < -0.39 is 17.3 Å². The molecule has 0 bridgehead atoms. The Morgan fingerprint density at radius 2 is 1.57 bits per heavy atom. The van der Waals surface area contributed by atoms with E-state index in [4.69, 9.17) is 17.7 Å². The Morgan fingerprint density at radius 1 is 0.952 bits per heavy atom. The highest BCUT2D eigenvalue weighted by molar-refractivity contribution is 6.70. The fourth-order valence-corrected chi connectivity index (χ4v) is 7.78. The third-order valence-corrected chi connectivity index (χ3v) is 11.5. The normalized spacial score (nSPS) is 23.9. The average molecular weight is 336 g/mol. The molecule has 5 nitrogen and oxygen atoms in total. The molecule has 0 aliphatic carbocycles. The molecule has 1 aliphatic heterocycles. The van der Waals surface area contributed by atoms with E-state index in [1.807, 2.05) is 7.11 Å². The first-order chi connectivity index (χ1) is 10.1. The standard InChI is InChI=1S/C14H33NO4Si2/c1-16-20(5)13-10-12-15(20)11-8-6-7-9-14-21(17-2,18-3)19-4/h6-14H2,1-5H3. The number of nitrogens with zero attached hydrogens (tertiary/aromatic N) is 1. The van der Waals surface area contributed by atoms with Crippen molar-refractivity contribution in [3.8, 4) is 0 Å². The minimum atomic E-state index is -2.36. The lowest BCUT2D eigenvalue weighted by atomic mass is 10.2. The molecule has 1 atom stereocenters. The van der Waals surface area contributed by atoms with Crippen LogP contribution >= 0.6 is 0 Å². The van der Waals surface area contributed by atoms with Gasteiger partial charge < -0.3 is 22.3 Å². The highest BCUT2D eigenvalue weighted by Gasteiger charge is 2.40. The fraction of sp³-hybridized carbons (Fsp3) is 1.00. The summed E-state index contributed by atoms with van der Waals surface area (Å²) in [5.74, 6) is 0. The van der Waals surface area contributed by atoms with E-state index >= 15 is 0 Å². The number of unbranched alkanes of at least 4 members (excludes halogenated alkanes) is 3. The molecule has 0 radical (unpaired) electrons. The number of rotatable bonds is 11. The molecule has 1 aliphatic rings. The molecule has 0 N–H and O–H groups in total. The second-order valence-corrected chi connectivity index (χ2v) is 12.9. The summed E-state index contributed by atoms with van der Waals surface area (Å²) in [6.07, 6.45) is 6.14. The molecule has 1 unspecified atom stereocenters. The maximum absolute atomic E-state index is 5.80. The van der Waals surface area contributed by atoms with Crippen molar-refractivity contribution in [3.63, 3.8) is 0 Å². The highest BCUT2D eigenvalue weighted by atomic mass is 28.4. The van der Waals surface area contributed by atoms with E-state index in [1.165, 1.54) is 44.8 Å². The van der Waals surface area contributed by atoms with Crippen LogP contribution in [-0.4, -0.2) is 63.4 Å². The Balaban J connectivity index is 2.15. The minimum absolute atomic E-state index is 0.907. The summed E-state index contributed by atoms with van der Waals surface area (Å²) in [6, 6.07) is 2.19. The predicted molar refractivity (Wildman–Crippen MR) is 89.7 cm³/mol. The van der Waals surface area contributed by atoms with Gasteiger partial charge in [0.2, 0.25) is 0 Å². The van der Waals surface area contributed by atoms with E-state index in [9.17, 15) is 0 Å². The van der Waals surface area contributed by atoms with Crippen molar-refractivity contribution in [2.24, 2.45) is 0 Å². The van der Waals surface area contributed by atoms with Gasteiger partial charge in [0.1, 0.15) is 0 Å². The van der Waals surface area contributed by atoms with Crippen molar-refractivity contribution < 1.29 is 17.7 Å². The molecule has 1 saturated heterocycles. The van der Waals surface area contributed by atoms with E-state index in [1.54, 1.807) is 21.3 Å². The third kappa shape index (κ3) is 5.42. The van der Waals surface area contributed by atoms with Gasteiger partial charge in [-0.2, -0.15) is 0 Å². The smallest absolute Gasteiger partial charge is 0.406 e. The Bertz CT molecular complexity index is 284. The SMILES string of the molecule is CO[Si](CCCCCCN1CCC[Si]1(C)OC)(OC)OC. The van der Waals surface area contributed by atoms with Crippen LogP contribution in [0.15, 0.2) is 0 Å². The zero-order chi connectivity index (χ0) is 15.8. The van der Waals surface area contributed by atoms with Gasteiger partial charge in [-0.25, -0.2) is 0 Å². The summed E-state index contributed by atoms with van der Waals surface area (Å²) in [5.41, 5.74) is 0. The van der Waals surface area contributed by atoms with Crippen molar-refractivity contribution in [2.75, 3.05) is 41.5 Å². The predicted octanol–water partition coefficient (Wildman–Crippen LogP) is 2.85. The van der Waals surface area contributed by atoms with Crippen LogP contribution in [-0.2, 0) is 17.7 Å². The quantitative estimate of drug-likeness (QED) is 0.429. The van der Waals surface area contributed by atoms with Crippen LogP contribution in [0.5, 0.6) is 0 Å². The lowest BCUT2D eigenvalue weighted by molar-refractivity contribution is 0.122. The second-order valence-electron chi connectivity index (χ2n) is 5.93. The fourth-order valence-electron chi connectivity index (χ4n) is 3.13. The molecule has 0 aromatic heterocycles. The lowest BCUT2D eigenvalue weighted by Crippen LogP contribution is -2.48. The summed E-state index contributed by atoms with van der Waals surface area (Å²) >= 11 is 0. The Labute approximate surface area is 132 Å². The Kier molecular flexibility index (Phi) is 8.62. The number of hydrogen-bond donors (Lipinski definition) is 0. The van der Waals surface area contributed by atoms with Crippen LogP contribution in [0.2, 0.25) is 18.6 Å². The topological polar surface area (TPSA) is 40.2 Å². The van der Waals surface area contributed by atoms with Gasteiger partial charge in [-0.3, -0.25) is 0 Å². The molecule has 126 valence electrons. The molecule has 0 spiro atoms. The van der Waals surface area contributed by atoms with Crippen LogP contribution in [0.4, 0.5) is 0 Å². The summed E-state index contributed by atoms with van der Waals surface area (Å²) in [7, 11) is 3.05. The molecule has 0 aromatic rings. The maximum atomic E-state index is 5.80. The Morgan fingerprint density at radius 3 is 2.14 bits per heavy atom. The molecule has 0 aromatic carbocycles. The van der Waals surface area contributed by atoms with E-state index in [0.29, 0.717) is 0 Å². The van der Waals surface area contributed by atoms with Gasteiger partial charge in [-0.05, 0) is 44.9 Å². The highest BCUT2D eigenvalue weighted by Crippen LogP contribution is 2.26. The van der Waals surface area contributed by atoms with Crippen molar-refractivity contribution in [2.45, 2.75) is 50.7 Å². The van der Waals surface area contributed by atoms with Crippen LogP contribution in [0, 0.1) is 0 Å². The van der Waals surface area contributed by atoms with E-state index in [0.717, 1.165) is 12.5 Å². The molecule has 0 amide bonds. The molecule has 1 rings (SSSR count). The molecular formula is C14H33NO4Si2. The second kappa shape index (κ2) is 9.39. The summed E-state index contributed by atoms with van der Waals surface area (Å²) in [5, 5.41) is 0. The van der Waals surface area contributed by atoms with Crippen LogP contribution in [0.25, 0.3) is 0 Å². The molecule has 1 fully saturated rings. The van der Waals surface area contributed by atoms with Gasteiger partial charge in [0, 0.05) is 34.5 Å². The van der Waals surface area contributed by atoms with Gasteiger partial charge in [-0.1, -0.05) is 12.8 Å². The number of hydrogen-bond acceptors (Lipinski definition) is 5. The van der Waals surface area contributed by atoms with E-state index in [2.05, 4.69) is 11.1 Å². The van der Waals surface area contributed by atoms with Crippen LogP contribution in [0.1, 0.15) is 32.1 Å².